The van der Waals surface area contributed by atoms with Gasteiger partial charge in [0.05, 0.1) is 18.5 Å². The topological polar surface area (TPSA) is 123 Å². The van der Waals surface area contributed by atoms with E-state index in [9.17, 15) is 19.2 Å². The largest absolute Gasteiger partial charge is 0.466 e. The third-order valence-corrected chi connectivity index (χ3v) is 5.52. The maximum absolute atomic E-state index is 12.7. The number of Topliss-reactive ketones (excluding diaryl/α,β-unsaturated/α-hetero) is 2. The third-order valence-electron chi connectivity index (χ3n) is 5.52. The highest BCUT2D eigenvalue weighted by atomic mass is 16.7. The van der Waals surface area contributed by atoms with Gasteiger partial charge in [-0.05, 0) is 29.3 Å². The third kappa shape index (κ3) is 6.34. The van der Waals surface area contributed by atoms with Crippen LogP contribution in [0.15, 0.2) is 90.1 Å². The number of hydrogen-bond acceptors (Lipinski definition) is 8. The molecule has 9 nitrogen and oxygen atoms in total. The van der Waals surface area contributed by atoms with Gasteiger partial charge in [-0.15, -0.1) is 0 Å². The molecule has 0 spiro atoms. The Kier molecular flexibility index (Phi) is 7.85. The van der Waals surface area contributed by atoms with Gasteiger partial charge >= 0.3 is 5.97 Å². The summed E-state index contributed by atoms with van der Waals surface area (Å²) in [6.45, 7) is 0. The lowest BCUT2D eigenvalue weighted by molar-refractivity contribution is -0.152. The van der Waals surface area contributed by atoms with Crippen molar-refractivity contribution >= 4 is 40.9 Å². The molecule has 0 saturated carbocycles. The van der Waals surface area contributed by atoms with Crippen molar-refractivity contribution in [2.45, 2.75) is 12.5 Å². The number of oxime groups is 1. The SMILES string of the molecule is COC(=O)C1CC(c2ccc(C(=O)C(=O)c3ccc(C=CC(=O)NNc4ccccc4)cc3)cc2)=NO1. The fraction of sp³-hybridized carbons (Fsp3) is 0.107. The minimum atomic E-state index is -0.791. The monoisotopic (exact) mass is 497 g/mol. The fourth-order valence-corrected chi connectivity index (χ4v) is 3.50. The predicted molar refractivity (Wildman–Crippen MR) is 137 cm³/mol. The number of esters is 1. The first-order valence-corrected chi connectivity index (χ1v) is 11.3. The van der Waals surface area contributed by atoms with Gasteiger partial charge in [0.2, 0.25) is 17.7 Å². The average molecular weight is 498 g/mol. The predicted octanol–water partition coefficient (Wildman–Crippen LogP) is 3.57. The molecular formula is C28H23N3O6. The Morgan fingerprint density at radius 1 is 0.892 bits per heavy atom. The number of rotatable bonds is 9. The van der Waals surface area contributed by atoms with E-state index < -0.39 is 23.6 Å². The minimum Gasteiger partial charge on any atom is -0.466 e. The first-order valence-electron chi connectivity index (χ1n) is 11.3. The van der Waals surface area contributed by atoms with Gasteiger partial charge in [0.15, 0.2) is 0 Å². The number of para-hydroxylation sites is 1. The molecule has 9 heteroatoms. The maximum atomic E-state index is 12.7. The van der Waals surface area contributed by atoms with Crippen molar-refractivity contribution in [3.05, 3.63) is 107 Å². The zero-order valence-electron chi connectivity index (χ0n) is 19.8. The van der Waals surface area contributed by atoms with E-state index in [-0.39, 0.29) is 23.5 Å². The second kappa shape index (κ2) is 11.6. The number of anilines is 1. The van der Waals surface area contributed by atoms with Crippen molar-refractivity contribution in [2.24, 2.45) is 5.16 Å². The number of hydrazine groups is 1. The van der Waals surface area contributed by atoms with Gasteiger partial charge in [-0.3, -0.25) is 25.2 Å². The number of ketones is 2. The molecule has 186 valence electrons. The lowest BCUT2D eigenvalue weighted by atomic mass is 9.98. The van der Waals surface area contributed by atoms with E-state index in [1.807, 2.05) is 30.3 Å². The van der Waals surface area contributed by atoms with Crippen LogP contribution < -0.4 is 10.9 Å². The Morgan fingerprint density at radius 2 is 1.51 bits per heavy atom. The number of methoxy groups -OCH3 is 1. The van der Waals surface area contributed by atoms with Crippen LogP contribution in [0.4, 0.5) is 5.69 Å². The second-order valence-electron chi connectivity index (χ2n) is 8.03. The van der Waals surface area contributed by atoms with Crippen molar-refractivity contribution in [3.8, 4) is 0 Å². The Balaban J connectivity index is 1.32. The molecule has 1 aliphatic heterocycles. The van der Waals surface area contributed by atoms with E-state index >= 15 is 0 Å². The van der Waals surface area contributed by atoms with Crippen molar-refractivity contribution in [2.75, 3.05) is 12.5 Å². The molecule has 0 fully saturated rings. The van der Waals surface area contributed by atoms with Crippen LogP contribution in [-0.2, 0) is 19.2 Å². The molecule has 0 saturated heterocycles. The molecular weight excluding hydrogens is 474 g/mol. The number of carbonyl (C=O) groups excluding carboxylic acids is 4. The van der Waals surface area contributed by atoms with Gasteiger partial charge < -0.3 is 9.57 Å². The van der Waals surface area contributed by atoms with E-state index in [1.165, 1.54) is 37.5 Å². The number of hydrogen-bond donors (Lipinski definition) is 2. The zero-order chi connectivity index (χ0) is 26.2. The molecule has 4 rings (SSSR count). The maximum Gasteiger partial charge on any atom is 0.350 e. The molecule has 3 aromatic carbocycles. The number of ether oxygens (including phenoxy) is 1. The molecule has 1 atom stereocenters. The van der Waals surface area contributed by atoms with Crippen LogP contribution in [0.1, 0.15) is 38.3 Å². The fourth-order valence-electron chi connectivity index (χ4n) is 3.50. The van der Waals surface area contributed by atoms with E-state index in [0.717, 1.165) is 5.69 Å². The van der Waals surface area contributed by atoms with Gasteiger partial charge in [-0.2, -0.15) is 0 Å². The van der Waals surface area contributed by atoms with Crippen molar-refractivity contribution in [1.82, 2.24) is 5.43 Å². The van der Waals surface area contributed by atoms with Gasteiger partial charge in [-0.1, -0.05) is 71.9 Å². The number of nitrogens with zero attached hydrogens (tertiary/aromatic N) is 1. The van der Waals surface area contributed by atoms with Crippen LogP contribution in [-0.4, -0.2) is 42.4 Å². The van der Waals surface area contributed by atoms with Crippen LogP contribution in [0.25, 0.3) is 6.08 Å². The molecule has 0 bridgehead atoms. The van der Waals surface area contributed by atoms with Crippen LogP contribution in [0.3, 0.4) is 0 Å². The first kappa shape index (κ1) is 25.1. The van der Waals surface area contributed by atoms with Crippen LogP contribution in [0, 0.1) is 0 Å². The van der Waals surface area contributed by atoms with E-state index in [0.29, 0.717) is 16.8 Å². The standard InChI is InChI=1S/C28H23N3O6/c1-36-28(35)24-17-23(31-37-24)19-12-14-21(15-13-19)27(34)26(33)20-10-7-18(8-11-20)9-16-25(32)30-29-22-5-3-2-4-6-22/h2-16,24,29H,17H2,1H3,(H,30,32). The molecule has 3 aromatic rings. The van der Waals surface area contributed by atoms with E-state index in [1.54, 1.807) is 30.3 Å². The lowest BCUT2D eigenvalue weighted by Crippen LogP contribution is -2.27. The highest BCUT2D eigenvalue weighted by molar-refractivity contribution is 6.49. The Hall–Kier alpha value is -5.05. The van der Waals surface area contributed by atoms with Gasteiger partial charge in [0.1, 0.15) is 0 Å². The van der Waals surface area contributed by atoms with E-state index in [2.05, 4.69) is 20.7 Å². The Labute approximate surface area is 212 Å². The summed E-state index contributed by atoms with van der Waals surface area (Å²) < 4.78 is 4.65. The summed E-state index contributed by atoms with van der Waals surface area (Å²) in [5.74, 6) is -2.17. The zero-order valence-corrected chi connectivity index (χ0v) is 19.8. The van der Waals surface area contributed by atoms with Gasteiger partial charge in [0.25, 0.3) is 5.91 Å². The molecule has 0 aromatic heterocycles. The smallest absolute Gasteiger partial charge is 0.350 e. The normalized spacial score (nSPS) is 14.4. The molecule has 1 amide bonds. The molecule has 0 radical (unpaired) electrons. The molecule has 0 aliphatic carbocycles. The summed E-state index contributed by atoms with van der Waals surface area (Å²) in [5.41, 5.74) is 8.47. The minimum absolute atomic E-state index is 0.226. The Bertz CT molecular complexity index is 1360. The van der Waals surface area contributed by atoms with Crippen LogP contribution in [0.2, 0.25) is 0 Å². The lowest BCUT2D eigenvalue weighted by Gasteiger charge is -2.06. The van der Waals surface area contributed by atoms with E-state index in [4.69, 9.17) is 4.84 Å². The number of carbonyl (C=O) groups is 4. The second-order valence-corrected chi connectivity index (χ2v) is 8.03. The summed E-state index contributed by atoms with van der Waals surface area (Å²) in [7, 11) is 1.27. The highest BCUT2D eigenvalue weighted by Crippen LogP contribution is 2.19. The average Bonchev–Trinajstić information content (AvgIpc) is 3.45. The summed E-state index contributed by atoms with van der Waals surface area (Å²) >= 11 is 0. The van der Waals surface area contributed by atoms with Crippen LogP contribution >= 0.6 is 0 Å². The van der Waals surface area contributed by atoms with Crippen LogP contribution in [0.5, 0.6) is 0 Å². The molecule has 1 aliphatic rings. The number of amides is 1. The van der Waals surface area contributed by atoms with Crippen molar-refractivity contribution in [3.63, 3.8) is 0 Å². The quantitative estimate of drug-likeness (QED) is 0.152. The molecule has 1 unspecified atom stereocenters. The highest BCUT2D eigenvalue weighted by Gasteiger charge is 2.29. The molecule has 37 heavy (non-hydrogen) atoms. The molecule has 2 N–H and O–H groups in total. The van der Waals surface area contributed by atoms with Crippen molar-refractivity contribution < 1.29 is 28.8 Å². The number of nitrogens with one attached hydrogen (secondary N) is 2. The van der Waals surface area contributed by atoms with Gasteiger partial charge in [0, 0.05) is 23.6 Å². The van der Waals surface area contributed by atoms with Gasteiger partial charge in [-0.25, -0.2) is 4.79 Å². The molecule has 1 heterocycles. The first-order chi connectivity index (χ1) is 17.9. The number of benzene rings is 3. The summed E-state index contributed by atoms with van der Waals surface area (Å²) in [6, 6.07) is 21.9. The summed E-state index contributed by atoms with van der Waals surface area (Å²) in [5, 5.41) is 3.90. The summed E-state index contributed by atoms with van der Waals surface area (Å²) in [4.78, 5) is 54.1. The van der Waals surface area contributed by atoms with Crippen molar-refractivity contribution in [1.29, 1.82) is 0 Å². The Morgan fingerprint density at radius 3 is 2.14 bits per heavy atom. The summed E-state index contributed by atoms with van der Waals surface area (Å²) in [6.07, 6.45) is 2.41.